The zero-order chi connectivity index (χ0) is 14.8. The third-order valence-electron chi connectivity index (χ3n) is 3.42. The van der Waals surface area contributed by atoms with Crippen LogP contribution in [0.2, 0.25) is 0 Å². The van der Waals surface area contributed by atoms with Crippen molar-refractivity contribution in [2.45, 2.75) is 13.8 Å². The van der Waals surface area contributed by atoms with Gasteiger partial charge >= 0.3 is 0 Å². The van der Waals surface area contributed by atoms with Crippen molar-refractivity contribution in [1.29, 1.82) is 0 Å². The first-order valence-electron chi connectivity index (χ1n) is 6.87. The van der Waals surface area contributed by atoms with E-state index in [1.165, 1.54) is 5.56 Å². The zero-order valence-electron chi connectivity index (χ0n) is 12.1. The molecule has 6 nitrogen and oxygen atoms in total. The predicted molar refractivity (Wildman–Crippen MR) is 84.7 cm³/mol. The number of aromatic nitrogens is 3. The second-order valence-corrected chi connectivity index (χ2v) is 4.83. The van der Waals surface area contributed by atoms with Gasteiger partial charge in [-0.05, 0) is 26.0 Å². The molecule has 2 heterocycles. The Kier molecular flexibility index (Phi) is 3.45. The number of aryl methyl sites for hydroxylation is 1. The first-order chi connectivity index (χ1) is 10.2. The molecule has 0 unspecified atom stereocenters. The van der Waals surface area contributed by atoms with Gasteiger partial charge in [-0.25, -0.2) is 15.8 Å². The van der Waals surface area contributed by atoms with E-state index < -0.39 is 0 Å². The van der Waals surface area contributed by atoms with Gasteiger partial charge in [0.2, 0.25) is 0 Å². The standard InChI is InChI=1S/C15H18N6/c1-3-21(12-6-4-11(2)5-7-12)15-14-17-8-9-20(14)10-13(18-15)19-16/h4-10,19H,3,16H2,1-2H3. The molecule has 0 radical (unpaired) electrons. The third kappa shape index (κ3) is 2.41. The van der Waals surface area contributed by atoms with E-state index in [0.717, 1.165) is 23.7 Å². The Balaban J connectivity index is 2.15. The van der Waals surface area contributed by atoms with Gasteiger partial charge in [0, 0.05) is 24.6 Å². The van der Waals surface area contributed by atoms with E-state index in [4.69, 9.17) is 5.84 Å². The molecule has 108 valence electrons. The maximum atomic E-state index is 5.51. The number of hydrazine groups is 1. The molecule has 0 saturated carbocycles. The Bertz CT molecular complexity index is 746. The molecule has 0 aliphatic heterocycles. The van der Waals surface area contributed by atoms with Crippen LogP contribution < -0.4 is 16.2 Å². The molecule has 0 aliphatic rings. The first kappa shape index (κ1) is 13.4. The van der Waals surface area contributed by atoms with Gasteiger partial charge < -0.3 is 14.7 Å². The highest BCUT2D eigenvalue weighted by Gasteiger charge is 2.15. The number of anilines is 3. The molecule has 0 saturated heterocycles. The van der Waals surface area contributed by atoms with E-state index in [0.29, 0.717) is 5.82 Å². The minimum Gasteiger partial charge on any atom is -0.324 e. The van der Waals surface area contributed by atoms with Gasteiger partial charge in [0.15, 0.2) is 17.3 Å². The minimum absolute atomic E-state index is 0.598. The largest absolute Gasteiger partial charge is 0.324 e. The van der Waals surface area contributed by atoms with Gasteiger partial charge in [-0.3, -0.25) is 0 Å². The van der Waals surface area contributed by atoms with Gasteiger partial charge in [-0.1, -0.05) is 17.7 Å². The fourth-order valence-corrected chi connectivity index (χ4v) is 2.35. The van der Waals surface area contributed by atoms with E-state index in [1.54, 1.807) is 6.20 Å². The van der Waals surface area contributed by atoms with Crippen LogP contribution in [0.15, 0.2) is 42.9 Å². The monoisotopic (exact) mass is 282 g/mol. The van der Waals surface area contributed by atoms with Crippen LogP contribution in [0.3, 0.4) is 0 Å². The lowest BCUT2D eigenvalue weighted by molar-refractivity contribution is 0.972. The Labute approximate surface area is 123 Å². The maximum Gasteiger partial charge on any atom is 0.180 e. The Hall–Kier alpha value is -2.60. The van der Waals surface area contributed by atoms with Gasteiger partial charge in [0.25, 0.3) is 0 Å². The van der Waals surface area contributed by atoms with Crippen LogP contribution in [0.4, 0.5) is 17.3 Å². The Morgan fingerprint density at radius 1 is 1.29 bits per heavy atom. The minimum atomic E-state index is 0.598. The molecule has 0 amide bonds. The molecule has 0 aliphatic carbocycles. The number of rotatable bonds is 4. The number of nitrogens with zero attached hydrogens (tertiary/aromatic N) is 4. The van der Waals surface area contributed by atoms with Crippen molar-refractivity contribution in [3.63, 3.8) is 0 Å². The number of fused-ring (bicyclic) bond motifs is 1. The fraction of sp³-hybridized carbons (Fsp3) is 0.200. The number of hydrogen-bond acceptors (Lipinski definition) is 5. The Morgan fingerprint density at radius 2 is 2.05 bits per heavy atom. The number of benzene rings is 1. The number of nitrogen functional groups attached to an aromatic ring is 1. The molecule has 3 aromatic rings. The van der Waals surface area contributed by atoms with Gasteiger partial charge in [0.05, 0.1) is 6.20 Å². The summed E-state index contributed by atoms with van der Waals surface area (Å²) < 4.78 is 1.91. The van der Waals surface area contributed by atoms with Crippen molar-refractivity contribution in [3.8, 4) is 0 Å². The number of nitrogens with two attached hydrogens (primary N) is 1. The van der Waals surface area contributed by atoms with Gasteiger partial charge in [0.1, 0.15) is 0 Å². The van der Waals surface area contributed by atoms with Crippen molar-refractivity contribution in [2.24, 2.45) is 5.84 Å². The quantitative estimate of drug-likeness (QED) is 0.568. The molecule has 0 fully saturated rings. The summed E-state index contributed by atoms with van der Waals surface area (Å²) in [5.41, 5.74) is 5.71. The van der Waals surface area contributed by atoms with Crippen molar-refractivity contribution < 1.29 is 0 Å². The molecular formula is C15H18N6. The molecule has 21 heavy (non-hydrogen) atoms. The lowest BCUT2D eigenvalue weighted by atomic mass is 10.2. The summed E-state index contributed by atoms with van der Waals surface area (Å²) in [4.78, 5) is 11.1. The maximum absolute atomic E-state index is 5.51. The van der Waals surface area contributed by atoms with Crippen LogP contribution in [-0.4, -0.2) is 20.9 Å². The summed E-state index contributed by atoms with van der Waals surface area (Å²) in [5, 5.41) is 0. The van der Waals surface area contributed by atoms with Crippen molar-refractivity contribution in [3.05, 3.63) is 48.4 Å². The molecule has 0 spiro atoms. The highest BCUT2D eigenvalue weighted by atomic mass is 15.3. The first-order valence-corrected chi connectivity index (χ1v) is 6.87. The second-order valence-electron chi connectivity index (χ2n) is 4.83. The van der Waals surface area contributed by atoms with E-state index >= 15 is 0 Å². The van der Waals surface area contributed by atoms with Crippen LogP contribution >= 0.6 is 0 Å². The van der Waals surface area contributed by atoms with E-state index in [1.807, 2.05) is 16.8 Å². The number of hydrogen-bond donors (Lipinski definition) is 2. The second kappa shape index (κ2) is 5.41. The number of imidazole rings is 1. The van der Waals surface area contributed by atoms with Gasteiger partial charge in [-0.2, -0.15) is 0 Å². The van der Waals surface area contributed by atoms with Gasteiger partial charge in [-0.15, -0.1) is 0 Å². The summed E-state index contributed by atoms with van der Waals surface area (Å²) in [6.45, 7) is 4.94. The van der Waals surface area contributed by atoms with Crippen LogP contribution in [0.25, 0.3) is 5.65 Å². The van der Waals surface area contributed by atoms with Crippen LogP contribution in [-0.2, 0) is 0 Å². The van der Waals surface area contributed by atoms with Crippen LogP contribution in [0, 0.1) is 6.92 Å². The highest BCUT2D eigenvalue weighted by molar-refractivity contribution is 5.73. The van der Waals surface area contributed by atoms with E-state index in [-0.39, 0.29) is 0 Å². The van der Waals surface area contributed by atoms with Crippen LogP contribution in [0.5, 0.6) is 0 Å². The SMILES string of the molecule is CCN(c1ccc(C)cc1)c1nc(NN)cn2ccnc12. The smallest absolute Gasteiger partial charge is 0.180 e. The summed E-state index contributed by atoms with van der Waals surface area (Å²) in [7, 11) is 0. The lowest BCUT2D eigenvalue weighted by Crippen LogP contribution is -2.20. The van der Waals surface area contributed by atoms with Crippen molar-refractivity contribution in [1.82, 2.24) is 14.4 Å². The number of nitrogens with one attached hydrogen (secondary N) is 1. The topological polar surface area (TPSA) is 71.5 Å². The van der Waals surface area contributed by atoms with E-state index in [9.17, 15) is 0 Å². The molecule has 3 rings (SSSR count). The molecule has 3 N–H and O–H groups in total. The predicted octanol–water partition coefficient (Wildman–Crippen LogP) is 2.48. The summed E-state index contributed by atoms with van der Waals surface area (Å²) in [6, 6.07) is 8.35. The van der Waals surface area contributed by atoms with Crippen molar-refractivity contribution in [2.75, 3.05) is 16.9 Å². The normalized spacial score (nSPS) is 10.8. The van der Waals surface area contributed by atoms with E-state index in [2.05, 4.69) is 58.4 Å². The molecule has 6 heteroatoms. The molecular weight excluding hydrogens is 264 g/mol. The fourth-order valence-electron chi connectivity index (χ4n) is 2.35. The van der Waals surface area contributed by atoms with Crippen LogP contribution in [0.1, 0.15) is 12.5 Å². The summed E-state index contributed by atoms with van der Waals surface area (Å²) in [5.74, 6) is 6.89. The molecule has 2 aromatic heterocycles. The Morgan fingerprint density at radius 3 is 2.71 bits per heavy atom. The average Bonchev–Trinajstić information content (AvgIpc) is 2.98. The summed E-state index contributed by atoms with van der Waals surface area (Å²) in [6.07, 6.45) is 5.45. The molecule has 1 aromatic carbocycles. The lowest BCUT2D eigenvalue weighted by Gasteiger charge is -2.23. The average molecular weight is 282 g/mol. The summed E-state index contributed by atoms with van der Waals surface area (Å²) >= 11 is 0. The zero-order valence-corrected chi connectivity index (χ0v) is 12.1. The molecule has 0 bridgehead atoms. The van der Waals surface area contributed by atoms with Crippen molar-refractivity contribution >= 4 is 23.0 Å². The highest BCUT2D eigenvalue weighted by Crippen LogP contribution is 2.28. The molecule has 0 atom stereocenters. The third-order valence-corrected chi connectivity index (χ3v) is 3.42.